The Hall–Kier alpha value is -2.74. The summed E-state index contributed by atoms with van der Waals surface area (Å²) in [7, 11) is 0. The lowest BCUT2D eigenvalue weighted by atomic mass is 10.2. The predicted molar refractivity (Wildman–Crippen MR) is 69.3 cm³/mol. The molecule has 0 aliphatic carbocycles. The summed E-state index contributed by atoms with van der Waals surface area (Å²) in [5, 5.41) is 17.2. The molecule has 0 saturated carbocycles. The first-order valence-corrected chi connectivity index (χ1v) is 6.00. The molecule has 0 atom stereocenters. The van der Waals surface area contributed by atoms with Crippen LogP contribution in [0, 0.1) is 11.3 Å². The Kier molecular flexibility index (Phi) is 2.91. The van der Waals surface area contributed by atoms with Crippen LogP contribution < -0.4 is 0 Å². The van der Waals surface area contributed by atoms with Crippen LogP contribution in [-0.4, -0.2) is 19.6 Å². The first-order valence-electron chi connectivity index (χ1n) is 6.00. The Labute approximate surface area is 110 Å². The maximum absolute atomic E-state index is 8.92. The average Bonchev–Trinajstić information content (AvgIpc) is 2.88. The summed E-state index contributed by atoms with van der Waals surface area (Å²) < 4.78 is 1.86. The monoisotopic (exact) mass is 249 g/mol. The van der Waals surface area contributed by atoms with Crippen LogP contribution >= 0.6 is 0 Å². The van der Waals surface area contributed by atoms with E-state index in [-0.39, 0.29) is 0 Å². The fraction of sp³-hybridized carbons (Fsp3) is 0.143. The van der Waals surface area contributed by atoms with Crippen molar-refractivity contribution in [2.24, 2.45) is 0 Å². The number of nitriles is 1. The van der Waals surface area contributed by atoms with Crippen LogP contribution in [0.15, 0.2) is 42.7 Å². The van der Waals surface area contributed by atoms with Gasteiger partial charge in [-0.25, -0.2) is 0 Å². The molecule has 0 aromatic carbocycles. The van der Waals surface area contributed by atoms with Crippen LogP contribution in [0.25, 0.3) is 5.65 Å². The molecule has 0 aliphatic rings. The lowest BCUT2D eigenvalue weighted by Crippen LogP contribution is -1.99. The highest BCUT2D eigenvalue weighted by atomic mass is 15.2. The third-order valence-electron chi connectivity index (χ3n) is 2.93. The summed E-state index contributed by atoms with van der Waals surface area (Å²) in [6, 6.07) is 11.5. The van der Waals surface area contributed by atoms with Gasteiger partial charge in [0.1, 0.15) is 11.9 Å². The summed E-state index contributed by atoms with van der Waals surface area (Å²) >= 11 is 0. The second-order valence-corrected chi connectivity index (χ2v) is 4.20. The average molecular weight is 249 g/mol. The van der Waals surface area contributed by atoms with E-state index in [9.17, 15) is 0 Å². The maximum Gasteiger partial charge on any atom is 0.160 e. The molecule has 3 heterocycles. The van der Waals surface area contributed by atoms with Crippen molar-refractivity contribution >= 4 is 5.65 Å². The van der Waals surface area contributed by atoms with Crippen LogP contribution in [-0.2, 0) is 12.8 Å². The Morgan fingerprint density at radius 1 is 1.11 bits per heavy atom. The minimum Gasteiger partial charge on any atom is -0.285 e. The summed E-state index contributed by atoms with van der Waals surface area (Å²) in [5.74, 6) is 0.845. The van der Waals surface area contributed by atoms with E-state index in [2.05, 4.69) is 21.3 Å². The summed E-state index contributed by atoms with van der Waals surface area (Å²) in [4.78, 5) is 4.28. The van der Waals surface area contributed by atoms with Gasteiger partial charge in [0.2, 0.25) is 0 Å². The van der Waals surface area contributed by atoms with Crippen molar-refractivity contribution in [2.75, 3.05) is 0 Å². The van der Waals surface area contributed by atoms with E-state index in [0.29, 0.717) is 5.56 Å². The van der Waals surface area contributed by atoms with Crippen LogP contribution in [0.3, 0.4) is 0 Å². The van der Waals surface area contributed by atoms with Gasteiger partial charge in [-0.1, -0.05) is 6.07 Å². The summed E-state index contributed by atoms with van der Waals surface area (Å²) in [6.45, 7) is 0. The smallest absolute Gasteiger partial charge is 0.160 e. The van der Waals surface area contributed by atoms with Gasteiger partial charge in [-0.15, -0.1) is 10.2 Å². The van der Waals surface area contributed by atoms with Crippen molar-refractivity contribution in [3.05, 3.63) is 59.8 Å². The molecule has 0 fully saturated rings. The van der Waals surface area contributed by atoms with Gasteiger partial charge >= 0.3 is 0 Å². The highest BCUT2D eigenvalue weighted by Crippen LogP contribution is 2.08. The SMILES string of the molecule is N#Cc1ccc2nnc(CCc3ccccn3)n2c1. The normalized spacial score (nSPS) is 10.5. The van der Waals surface area contributed by atoms with E-state index in [4.69, 9.17) is 5.26 Å². The molecule has 3 rings (SSSR count). The molecule has 5 heteroatoms. The Balaban J connectivity index is 1.87. The zero-order chi connectivity index (χ0) is 13.1. The molecule has 0 radical (unpaired) electrons. The minimum absolute atomic E-state index is 0.603. The van der Waals surface area contributed by atoms with Gasteiger partial charge in [0, 0.05) is 24.5 Å². The molecular weight excluding hydrogens is 238 g/mol. The number of nitrogens with zero attached hydrogens (tertiary/aromatic N) is 5. The van der Waals surface area contributed by atoms with Gasteiger partial charge in [-0.3, -0.25) is 9.38 Å². The number of aromatic nitrogens is 4. The molecule has 3 aromatic heterocycles. The number of rotatable bonds is 3. The number of aryl methyl sites for hydroxylation is 2. The topological polar surface area (TPSA) is 66.9 Å². The molecule has 0 bridgehead atoms. The summed E-state index contributed by atoms with van der Waals surface area (Å²) in [5.41, 5.74) is 2.39. The van der Waals surface area contributed by atoms with E-state index in [1.165, 1.54) is 0 Å². The zero-order valence-electron chi connectivity index (χ0n) is 10.2. The van der Waals surface area contributed by atoms with E-state index < -0.39 is 0 Å². The molecule has 0 saturated heterocycles. The Morgan fingerprint density at radius 2 is 2.05 bits per heavy atom. The summed E-state index contributed by atoms with van der Waals surface area (Å²) in [6.07, 6.45) is 5.10. The number of pyridine rings is 2. The van der Waals surface area contributed by atoms with Crippen LogP contribution in [0.1, 0.15) is 17.1 Å². The van der Waals surface area contributed by atoms with Crippen molar-refractivity contribution in [3.8, 4) is 6.07 Å². The van der Waals surface area contributed by atoms with Crippen molar-refractivity contribution in [3.63, 3.8) is 0 Å². The molecule has 0 N–H and O–H groups in total. The van der Waals surface area contributed by atoms with E-state index in [1.54, 1.807) is 24.5 Å². The van der Waals surface area contributed by atoms with Gasteiger partial charge in [0.05, 0.1) is 5.56 Å². The molecule has 19 heavy (non-hydrogen) atoms. The number of hydrogen-bond donors (Lipinski definition) is 0. The van der Waals surface area contributed by atoms with Crippen LogP contribution in [0.2, 0.25) is 0 Å². The van der Waals surface area contributed by atoms with E-state index >= 15 is 0 Å². The molecule has 0 aliphatic heterocycles. The van der Waals surface area contributed by atoms with Gasteiger partial charge in [0.25, 0.3) is 0 Å². The second-order valence-electron chi connectivity index (χ2n) is 4.20. The van der Waals surface area contributed by atoms with Crippen molar-refractivity contribution in [1.29, 1.82) is 5.26 Å². The molecule has 0 amide bonds. The standard InChI is InChI=1S/C14H11N5/c15-9-11-4-6-13-17-18-14(19(13)10-11)7-5-12-3-1-2-8-16-12/h1-4,6,8,10H,5,7H2. The van der Waals surface area contributed by atoms with Crippen molar-refractivity contribution < 1.29 is 0 Å². The Bertz CT molecular complexity index is 739. The van der Waals surface area contributed by atoms with E-state index in [0.717, 1.165) is 30.0 Å². The van der Waals surface area contributed by atoms with Gasteiger partial charge in [-0.05, 0) is 30.7 Å². The molecule has 3 aromatic rings. The lowest BCUT2D eigenvalue weighted by molar-refractivity contribution is 0.820. The third-order valence-corrected chi connectivity index (χ3v) is 2.93. The second kappa shape index (κ2) is 4.86. The van der Waals surface area contributed by atoms with Gasteiger partial charge in [0.15, 0.2) is 5.65 Å². The Morgan fingerprint density at radius 3 is 2.84 bits per heavy atom. The quantitative estimate of drug-likeness (QED) is 0.709. The highest BCUT2D eigenvalue weighted by Gasteiger charge is 2.06. The van der Waals surface area contributed by atoms with Crippen molar-refractivity contribution in [2.45, 2.75) is 12.8 Å². The largest absolute Gasteiger partial charge is 0.285 e. The van der Waals surface area contributed by atoms with Crippen LogP contribution in [0.5, 0.6) is 0 Å². The van der Waals surface area contributed by atoms with Crippen molar-refractivity contribution in [1.82, 2.24) is 19.6 Å². The van der Waals surface area contributed by atoms with Crippen LogP contribution in [0.4, 0.5) is 0 Å². The fourth-order valence-corrected chi connectivity index (χ4v) is 1.96. The zero-order valence-corrected chi connectivity index (χ0v) is 10.2. The number of fused-ring (bicyclic) bond motifs is 1. The first kappa shape index (κ1) is 11.4. The molecule has 5 nitrogen and oxygen atoms in total. The lowest BCUT2D eigenvalue weighted by Gasteiger charge is -2.00. The van der Waals surface area contributed by atoms with E-state index in [1.807, 2.05) is 22.6 Å². The minimum atomic E-state index is 0.603. The molecule has 92 valence electrons. The fourth-order valence-electron chi connectivity index (χ4n) is 1.96. The molecule has 0 spiro atoms. The maximum atomic E-state index is 8.92. The first-order chi connectivity index (χ1) is 9.36. The van der Waals surface area contributed by atoms with Gasteiger partial charge in [-0.2, -0.15) is 5.26 Å². The molecular formula is C14H11N5. The highest BCUT2D eigenvalue weighted by molar-refractivity contribution is 5.42. The third kappa shape index (κ3) is 2.29. The number of hydrogen-bond acceptors (Lipinski definition) is 4. The predicted octanol–water partition coefficient (Wildman–Crippen LogP) is 1.78. The van der Waals surface area contributed by atoms with Gasteiger partial charge < -0.3 is 0 Å². The molecule has 0 unspecified atom stereocenters.